The standard InChI is InChI=1S/C13H17N3O2S2/c1-9(16(18)13(17)15-14-6-7-19)12-8-10-4-2-3-5-11(10)20-12/h2-5,8-9,14,18-19H,6-7H2,1H3,(H,15,17). The molecule has 1 heterocycles. The van der Waals surface area contributed by atoms with Crippen molar-refractivity contribution in [2.75, 3.05) is 12.3 Å². The molecule has 1 unspecified atom stereocenters. The summed E-state index contributed by atoms with van der Waals surface area (Å²) in [5.74, 6) is 0.595. The molecular formula is C13H17N3O2S2. The Hall–Kier alpha value is -1.28. The highest BCUT2D eigenvalue weighted by atomic mass is 32.1. The fourth-order valence-corrected chi connectivity index (χ4v) is 2.97. The first-order chi connectivity index (χ1) is 9.63. The third-order valence-electron chi connectivity index (χ3n) is 2.86. The molecule has 20 heavy (non-hydrogen) atoms. The topological polar surface area (TPSA) is 64.6 Å². The molecule has 1 atom stereocenters. The lowest BCUT2D eigenvalue weighted by Gasteiger charge is -2.21. The van der Waals surface area contributed by atoms with Crippen LogP contribution in [0.1, 0.15) is 17.8 Å². The zero-order valence-corrected chi connectivity index (χ0v) is 12.7. The van der Waals surface area contributed by atoms with Gasteiger partial charge in [0.2, 0.25) is 0 Å². The fourth-order valence-electron chi connectivity index (χ4n) is 1.76. The Bertz CT molecular complexity index is 555. The number of hydrogen-bond donors (Lipinski definition) is 4. The van der Waals surface area contributed by atoms with Crippen LogP contribution < -0.4 is 10.9 Å². The minimum absolute atomic E-state index is 0.412. The van der Waals surface area contributed by atoms with Gasteiger partial charge in [0.1, 0.15) is 0 Å². The maximum Gasteiger partial charge on any atom is 0.356 e. The second kappa shape index (κ2) is 6.94. The Balaban J connectivity index is 2.05. The van der Waals surface area contributed by atoms with E-state index in [-0.39, 0.29) is 0 Å². The molecule has 1 aromatic heterocycles. The number of amides is 2. The van der Waals surface area contributed by atoms with Crippen LogP contribution in [0.25, 0.3) is 10.1 Å². The summed E-state index contributed by atoms with van der Waals surface area (Å²) in [5, 5.41) is 11.7. The van der Waals surface area contributed by atoms with Crippen molar-refractivity contribution in [1.29, 1.82) is 0 Å². The quantitative estimate of drug-likeness (QED) is 0.297. The van der Waals surface area contributed by atoms with Gasteiger partial charge in [-0.05, 0) is 24.4 Å². The van der Waals surface area contributed by atoms with E-state index in [4.69, 9.17) is 0 Å². The van der Waals surface area contributed by atoms with Crippen molar-refractivity contribution in [1.82, 2.24) is 15.9 Å². The van der Waals surface area contributed by atoms with Crippen LogP contribution in [0.4, 0.5) is 4.79 Å². The predicted molar refractivity (Wildman–Crippen MR) is 84.3 cm³/mol. The summed E-state index contributed by atoms with van der Waals surface area (Å²) in [6.45, 7) is 2.31. The van der Waals surface area contributed by atoms with E-state index < -0.39 is 12.1 Å². The van der Waals surface area contributed by atoms with Crippen molar-refractivity contribution in [3.05, 3.63) is 35.2 Å². The van der Waals surface area contributed by atoms with Crippen molar-refractivity contribution >= 4 is 40.1 Å². The number of hydrazine groups is 1. The molecule has 0 aliphatic carbocycles. The maximum absolute atomic E-state index is 11.7. The lowest BCUT2D eigenvalue weighted by atomic mass is 10.2. The number of thiophene rings is 1. The van der Waals surface area contributed by atoms with Gasteiger partial charge >= 0.3 is 6.03 Å². The number of carbonyl (C=O) groups excluding carboxylic acids is 1. The highest BCUT2D eigenvalue weighted by Gasteiger charge is 2.21. The molecule has 3 N–H and O–H groups in total. The highest BCUT2D eigenvalue weighted by molar-refractivity contribution is 7.80. The molecule has 0 fully saturated rings. The van der Waals surface area contributed by atoms with Crippen molar-refractivity contribution in [2.45, 2.75) is 13.0 Å². The van der Waals surface area contributed by atoms with Gasteiger partial charge < -0.3 is 0 Å². The second-order valence-corrected chi connectivity index (χ2v) is 5.85. The molecule has 2 amide bonds. The van der Waals surface area contributed by atoms with Crippen LogP contribution in [0.2, 0.25) is 0 Å². The Labute approximate surface area is 126 Å². The summed E-state index contributed by atoms with van der Waals surface area (Å²) in [6, 6.07) is 8.96. The van der Waals surface area contributed by atoms with Gasteiger partial charge in [0, 0.05) is 21.9 Å². The first kappa shape index (κ1) is 15.1. The molecule has 2 rings (SSSR count). The van der Waals surface area contributed by atoms with Crippen molar-refractivity contribution in [2.24, 2.45) is 0 Å². The van der Waals surface area contributed by atoms with Gasteiger partial charge in [0.05, 0.1) is 6.04 Å². The van der Waals surface area contributed by atoms with E-state index in [1.165, 1.54) is 0 Å². The van der Waals surface area contributed by atoms with Crippen LogP contribution in [0.5, 0.6) is 0 Å². The summed E-state index contributed by atoms with van der Waals surface area (Å²) < 4.78 is 1.14. The number of urea groups is 1. The molecule has 0 saturated carbocycles. The number of hydrogen-bond acceptors (Lipinski definition) is 5. The smallest absolute Gasteiger partial charge is 0.284 e. The SMILES string of the molecule is CC(c1cc2ccccc2s1)N(O)C(=O)NNCCS. The fraction of sp³-hybridized carbons (Fsp3) is 0.308. The number of nitrogens with one attached hydrogen (secondary N) is 2. The molecule has 5 nitrogen and oxygen atoms in total. The minimum Gasteiger partial charge on any atom is -0.284 e. The van der Waals surface area contributed by atoms with Crippen LogP contribution in [-0.4, -0.2) is 28.6 Å². The Morgan fingerprint density at radius 3 is 2.95 bits per heavy atom. The van der Waals surface area contributed by atoms with E-state index in [0.717, 1.165) is 15.0 Å². The molecule has 108 valence electrons. The van der Waals surface area contributed by atoms with E-state index in [0.29, 0.717) is 17.4 Å². The number of benzene rings is 1. The van der Waals surface area contributed by atoms with Crippen LogP contribution in [-0.2, 0) is 0 Å². The molecular weight excluding hydrogens is 294 g/mol. The van der Waals surface area contributed by atoms with Crippen LogP contribution >= 0.6 is 24.0 Å². The number of fused-ring (bicyclic) bond motifs is 1. The first-order valence-electron chi connectivity index (χ1n) is 6.23. The molecule has 1 aromatic carbocycles. The van der Waals surface area contributed by atoms with E-state index in [9.17, 15) is 10.0 Å². The van der Waals surface area contributed by atoms with Crippen LogP contribution in [0.15, 0.2) is 30.3 Å². The molecule has 0 aliphatic heterocycles. The summed E-state index contributed by atoms with van der Waals surface area (Å²) in [4.78, 5) is 12.7. The number of carbonyl (C=O) groups is 1. The normalized spacial score (nSPS) is 12.3. The lowest BCUT2D eigenvalue weighted by Crippen LogP contribution is -2.46. The Morgan fingerprint density at radius 2 is 2.25 bits per heavy atom. The molecule has 0 aliphatic rings. The van der Waals surface area contributed by atoms with Gasteiger partial charge in [0.15, 0.2) is 0 Å². The molecule has 2 aromatic rings. The minimum atomic E-state index is -0.586. The van der Waals surface area contributed by atoms with Crippen LogP contribution in [0, 0.1) is 0 Å². The lowest BCUT2D eigenvalue weighted by molar-refractivity contribution is -0.0745. The summed E-state index contributed by atoms with van der Waals surface area (Å²) in [5.41, 5.74) is 5.08. The molecule has 0 saturated heterocycles. The van der Waals surface area contributed by atoms with Gasteiger partial charge in [-0.1, -0.05) is 18.2 Å². The zero-order chi connectivity index (χ0) is 14.5. The van der Waals surface area contributed by atoms with Gasteiger partial charge in [0.25, 0.3) is 0 Å². The van der Waals surface area contributed by atoms with Gasteiger partial charge in [-0.3, -0.25) is 10.6 Å². The van der Waals surface area contributed by atoms with Crippen LogP contribution in [0.3, 0.4) is 0 Å². The van der Waals surface area contributed by atoms with Gasteiger partial charge in [-0.15, -0.1) is 11.3 Å². The number of thiol groups is 1. The molecule has 0 spiro atoms. The Kier molecular flexibility index (Phi) is 5.24. The number of nitrogens with zero attached hydrogens (tertiary/aromatic N) is 1. The highest BCUT2D eigenvalue weighted by Crippen LogP contribution is 2.31. The van der Waals surface area contributed by atoms with E-state index >= 15 is 0 Å². The van der Waals surface area contributed by atoms with Crippen molar-refractivity contribution in [3.8, 4) is 0 Å². The molecule has 0 bridgehead atoms. The number of rotatable bonds is 5. The third-order valence-corrected chi connectivity index (χ3v) is 4.37. The van der Waals surface area contributed by atoms with Gasteiger partial charge in [-0.25, -0.2) is 10.2 Å². The summed E-state index contributed by atoms with van der Waals surface area (Å²) >= 11 is 5.58. The molecule has 7 heteroatoms. The Morgan fingerprint density at radius 1 is 1.50 bits per heavy atom. The second-order valence-electron chi connectivity index (χ2n) is 4.29. The monoisotopic (exact) mass is 311 g/mol. The van der Waals surface area contributed by atoms with E-state index in [1.807, 2.05) is 30.3 Å². The molecule has 0 radical (unpaired) electrons. The predicted octanol–water partition coefficient (Wildman–Crippen LogP) is 2.80. The summed E-state index contributed by atoms with van der Waals surface area (Å²) in [6.07, 6.45) is 0. The van der Waals surface area contributed by atoms with Gasteiger partial charge in [-0.2, -0.15) is 17.7 Å². The zero-order valence-electron chi connectivity index (χ0n) is 11.0. The average Bonchev–Trinajstić information content (AvgIpc) is 2.89. The van der Waals surface area contributed by atoms with E-state index in [2.05, 4.69) is 23.5 Å². The van der Waals surface area contributed by atoms with Crippen molar-refractivity contribution < 1.29 is 10.0 Å². The first-order valence-corrected chi connectivity index (χ1v) is 7.68. The van der Waals surface area contributed by atoms with Crippen molar-refractivity contribution in [3.63, 3.8) is 0 Å². The number of hydroxylamine groups is 2. The third kappa shape index (κ3) is 3.43. The largest absolute Gasteiger partial charge is 0.356 e. The average molecular weight is 311 g/mol. The summed E-state index contributed by atoms with van der Waals surface area (Å²) in [7, 11) is 0. The maximum atomic E-state index is 11.7. The van der Waals surface area contributed by atoms with E-state index in [1.54, 1.807) is 18.3 Å².